The maximum atomic E-state index is 14.5. The molecule has 1 aliphatic rings. The SMILES string of the molecule is C=C(c1cc(-c2ccc(Cl)cc2F)ccc1N)N1CCN(C(=O)OC(C)(C)C)CC1C(=O)OC. The average molecular weight is 490 g/mol. The highest BCUT2D eigenvalue weighted by atomic mass is 35.5. The van der Waals surface area contributed by atoms with Crippen LogP contribution >= 0.6 is 11.6 Å². The summed E-state index contributed by atoms with van der Waals surface area (Å²) in [6.45, 7) is 10.2. The zero-order chi connectivity index (χ0) is 25.2. The van der Waals surface area contributed by atoms with Gasteiger partial charge in [0.15, 0.2) is 0 Å². The Morgan fingerprint density at radius 1 is 1.18 bits per heavy atom. The molecule has 1 amide bonds. The van der Waals surface area contributed by atoms with Crippen molar-refractivity contribution in [2.75, 3.05) is 32.5 Å². The van der Waals surface area contributed by atoms with Crippen molar-refractivity contribution >= 4 is 35.0 Å². The van der Waals surface area contributed by atoms with Crippen LogP contribution in [0.25, 0.3) is 16.8 Å². The second-order valence-electron chi connectivity index (χ2n) is 9.03. The van der Waals surface area contributed by atoms with E-state index in [2.05, 4.69) is 6.58 Å². The molecule has 182 valence electrons. The first-order valence-corrected chi connectivity index (χ1v) is 11.2. The lowest BCUT2D eigenvalue weighted by molar-refractivity contribution is -0.147. The minimum Gasteiger partial charge on any atom is -0.467 e. The molecule has 3 rings (SSSR count). The van der Waals surface area contributed by atoms with Gasteiger partial charge in [-0.25, -0.2) is 14.0 Å². The molecule has 0 aliphatic carbocycles. The third kappa shape index (κ3) is 5.62. The number of rotatable bonds is 4. The number of piperazine rings is 1. The smallest absolute Gasteiger partial charge is 0.410 e. The summed E-state index contributed by atoms with van der Waals surface area (Å²) in [4.78, 5) is 28.4. The molecule has 0 spiro atoms. The van der Waals surface area contributed by atoms with Crippen LogP contribution < -0.4 is 5.73 Å². The number of anilines is 1. The summed E-state index contributed by atoms with van der Waals surface area (Å²) >= 11 is 5.88. The van der Waals surface area contributed by atoms with Gasteiger partial charge in [0.2, 0.25) is 0 Å². The van der Waals surface area contributed by atoms with Gasteiger partial charge in [-0.05, 0) is 56.7 Å². The van der Waals surface area contributed by atoms with Gasteiger partial charge in [-0.3, -0.25) is 0 Å². The monoisotopic (exact) mass is 489 g/mol. The summed E-state index contributed by atoms with van der Waals surface area (Å²) in [6, 6.07) is 8.71. The van der Waals surface area contributed by atoms with Crippen LogP contribution in [-0.2, 0) is 14.3 Å². The highest BCUT2D eigenvalue weighted by Crippen LogP contribution is 2.33. The number of nitrogen functional groups attached to an aromatic ring is 1. The number of nitrogens with zero attached hydrogens (tertiary/aromatic N) is 2. The van der Waals surface area contributed by atoms with E-state index in [4.69, 9.17) is 26.8 Å². The van der Waals surface area contributed by atoms with E-state index < -0.39 is 29.5 Å². The van der Waals surface area contributed by atoms with Gasteiger partial charge >= 0.3 is 12.1 Å². The lowest BCUT2D eigenvalue weighted by Gasteiger charge is -2.42. The highest BCUT2D eigenvalue weighted by Gasteiger charge is 2.37. The second-order valence-corrected chi connectivity index (χ2v) is 9.47. The number of hydrogen-bond donors (Lipinski definition) is 1. The van der Waals surface area contributed by atoms with Gasteiger partial charge < -0.3 is 25.0 Å². The van der Waals surface area contributed by atoms with Crippen LogP contribution in [0.3, 0.4) is 0 Å². The van der Waals surface area contributed by atoms with Crippen molar-refractivity contribution in [1.82, 2.24) is 9.80 Å². The first-order chi connectivity index (χ1) is 15.9. The Morgan fingerprint density at radius 2 is 1.88 bits per heavy atom. The number of benzene rings is 2. The Hall–Kier alpha value is -3.26. The first kappa shape index (κ1) is 25.4. The van der Waals surface area contributed by atoms with Gasteiger partial charge in [0, 0.05) is 40.6 Å². The Morgan fingerprint density at radius 3 is 2.50 bits per heavy atom. The van der Waals surface area contributed by atoms with Gasteiger partial charge in [-0.2, -0.15) is 0 Å². The molecule has 1 atom stereocenters. The fraction of sp³-hybridized carbons (Fsp3) is 0.360. The number of nitrogens with two attached hydrogens (primary N) is 1. The Bertz CT molecular complexity index is 1120. The molecule has 0 bridgehead atoms. The average Bonchev–Trinajstić information content (AvgIpc) is 2.77. The molecule has 0 aromatic heterocycles. The Balaban J connectivity index is 1.90. The Kier molecular flexibility index (Phi) is 7.41. The van der Waals surface area contributed by atoms with E-state index in [1.54, 1.807) is 56.0 Å². The van der Waals surface area contributed by atoms with E-state index >= 15 is 0 Å². The molecule has 2 aromatic carbocycles. The van der Waals surface area contributed by atoms with E-state index in [1.807, 2.05) is 0 Å². The van der Waals surface area contributed by atoms with Gasteiger partial charge in [-0.1, -0.05) is 24.2 Å². The molecule has 2 aromatic rings. The van der Waals surface area contributed by atoms with Crippen molar-refractivity contribution < 1.29 is 23.5 Å². The van der Waals surface area contributed by atoms with Crippen LogP contribution in [0.5, 0.6) is 0 Å². The lowest BCUT2D eigenvalue weighted by atomic mass is 9.98. The molecule has 2 N–H and O–H groups in total. The molecular weight excluding hydrogens is 461 g/mol. The molecule has 1 aliphatic heterocycles. The molecular formula is C25H29ClFN3O4. The van der Waals surface area contributed by atoms with Gasteiger partial charge in [0.1, 0.15) is 17.5 Å². The van der Waals surface area contributed by atoms with Crippen LogP contribution in [0, 0.1) is 5.82 Å². The molecule has 1 unspecified atom stereocenters. The van der Waals surface area contributed by atoms with Gasteiger partial charge in [0.25, 0.3) is 0 Å². The van der Waals surface area contributed by atoms with E-state index in [1.165, 1.54) is 18.1 Å². The predicted molar refractivity (Wildman–Crippen MR) is 131 cm³/mol. The summed E-state index contributed by atoms with van der Waals surface area (Å²) in [5, 5.41) is 0.296. The van der Waals surface area contributed by atoms with E-state index in [0.717, 1.165) is 0 Å². The van der Waals surface area contributed by atoms with Crippen molar-refractivity contribution in [3.05, 3.63) is 59.4 Å². The lowest BCUT2D eigenvalue weighted by Crippen LogP contribution is -2.57. The zero-order valence-corrected chi connectivity index (χ0v) is 20.5. The van der Waals surface area contributed by atoms with Crippen molar-refractivity contribution in [1.29, 1.82) is 0 Å². The van der Waals surface area contributed by atoms with Gasteiger partial charge in [0.05, 0.1) is 13.7 Å². The summed E-state index contributed by atoms with van der Waals surface area (Å²) in [7, 11) is 1.29. The third-order valence-electron chi connectivity index (χ3n) is 5.46. The van der Waals surface area contributed by atoms with E-state index in [9.17, 15) is 14.0 Å². The molecule has 9 heteroatoms. The van der Waals surface area contributed by atoms with Crippen LogP contribution in [0.1, 0.15) is 26.3 Å². The molecule has 0 saturated carbocycles. The van der Waals surface area contributed by atoms with Crippen molar-refractivity contribution in [3.63, 3.8) is 0 Å². The largest absolute Gasteiger partial charge is 0.467 e. The summed E-state index contributed by atoms with van der Waals surface area (Å²) in [5.41, 5.74) is 7.95. The predicted octanol–water partition coefficient (Wildman–Crippen LogP) is 4.79. The number of ether oxygens (including phenoxy) is 2. The standard InChI is InChI=1S/C25H29ClFN3O4/c1-15(19-12-16(6-9-21(19)28)18-8-7-17(26)13-20(18)27)30-11-10-29(14-22(30)23(31)33-5)24(32)34-25(2,3)4/h6-9,12-13,22H,1,10-11,14,28H2,2-5H3. The number of amides is 1. The first-order valence-electron chi connectivity index (χ1n) is 10.8. The summed E-state index contributed by atoms with van der Waals surface area (Å²) in [6.07, 6.45) is -0.508. The summed E-state index contributed by atoms with van der Waals surface area (Å²) < 4.78 is 25.0. The molecule has 7 nitrogen and oxygen atoms in total. The number of hydrogen-bond acceptors (Lipinski definition) is 6. The Labute approximate surface area is 203 Å². The third-order valence-corrected chi connectivity index (χ3v) is 5.69. The van der Waals surface area contributed by atoms with Crippen molar-refractivity contribution in [3.8, 4) is 11.1 Å². The van der Waals surface area contributed by atoms with Crippen LogP contribution in [-0.4, -0.2) is 60.2 Å². The van der Waals surface area contributed by atoms with Crippen molar-refractivity contribution in [2.45, 2.75) is 32.4 Å². The number of esters is 1. The maximum Gasteiger partial charge on any atom is 0.410 e. The van der Waals surface area contributed by atoms with Crippen LogP contribution in [0.4, 0.5) is 14.9 Å². The fourth-order valence-corrected chi connectivity index (χ4v) is 3.95. The second kappa shape index (κ2) is 9.93. The number of methoxy groups -OCH3 is 1. The fourth-order valence-electron chi connectivity index (χ4n) is 3.79. The van der Waals surface area contributed by atoms with Gasteiger partial charge in [-0.15, -0.1) is 0 Å². The maximum absolute atomic E-state index is 14.5. The molecule has 1 fully saturated rings. The number of carbonyl (C=O) groups is 2. The summed E-state index contributed by atoms with van der Waals surface area (Å²) in [5.74, 6) is -0.986. The quantitative estimate of drug-likeness (QED) is 0.491. The molecule has 34 heavy (non-hydrogen) atoms. The topological polar surface area (TPSA) is 85.1 Å². The van der Waals surface area contributed by atoms with E-state index in [0.29, 0.717) is 46.2 Å². The normalized spacial score (nSPS) is 16.2. The van der Waals surface area contributed by atoms with Crippen LogP contribution in [0.15, 0.2) is 43.0 Å². The van der Waals surface area contributed by atoms with E-state index in [-0.39, 0.29) is 6.54 Å². The molecule has 1 saturated heterocycles. The molecule has 1 heterocycles. The minimum atomic E-state index is -0.811. The zero-order valence-electron chi connectivity index (χ0n) is 19.7. The number of halogens is 2. The molecule has 0 radical (unpaired) electrons. The minimum absolute atomic E-state index is 0.0615. The highest BCUT2D eigenvalue weighted by molar-refractivity contribution is 6.30. The van der Waals surface area contributed by atoms with Crippen LogP contribution in [0.2, 0.25) is 5.02 Å². The van der Waals surface area contributed by atoms with Crippen molar-refractivity contribution in [2.24, 2.45) is 0 Å². The number of carbonyl (C=O) groups excluding carboxylic acids is 2.